The molecule has 144 valence electrons. The SMILES string of the molecule is Cc1cccc(-c2ccc(CN3CCc4nc(-c5cncnc5)ncc4C3)s2)c1. The van der Waals surface area contributed by atoms with Crippen molar-refractivity contribution in [2.45, 2.75) is 26.4 Å². The van der Waals surface area contributed by atoms with Gasteiger partial charge in [-0.3, -0.25) is 4.90 Å². The summed E-state index contributed by atoms with van der Waals surface area (Å²) in [6.45, 7) is 5.00. The summed E-state index contributed by atoms with van der Waals surface area (Å²) >= 11 is 1.88. The van der Waals surface area contributed by atoms with Gasteiger partial charge in [-0.25, -0.2) is 19.9 Å². The van der Waals surface area contributed by atoms with Crippen LogP contribution >= 0.6 is 11.3 Å². The van der Waals surface area contributed by atoms with Crippen LogP contribution in [0.5, 0.6) is 0 Å². The lowest BCUT2D eigenvalue weighted by Crippen LogP contribution is -2.30. The molecule has 4 aromatic rings. The largest absolute Gasteiger partial charge is 0.293 e. The third-order valence-electron chi connectivity index (χ3n) is 5.18. The van der Waals surface area contributed by atoms with E-state index in [2.05, 4.69) is 63.2 Å². The molecule has 29 heavy (non-hydrogen) atoms. The number of hydrogen-bond acceptors (Lipinski definition) is 6. The second kappa shape index (κ2) is 7.81. The number of fused-ring (bicyclic) bond motifs is 1. The number of thiophene rings is 1. The Morgan fingerprint density at radius 2 is 1.93 bits per heavy atom. The first-order chi connectivity index (χ1) is 14.2. The molecule has 0 saturated carbocycles. The number of benzene rings is 1. The van der Waals surface area contributed by atoms with E-state index >= 15 is 0 Å². The maximum absolute atomic E-state index is 4.76. The molecule has 0 saturated heterocycles. The van der Waals surface area contributed by atoms with Crippen molar-refractivity contribution in [2.75, 3.05) is 6.54 Å². The van der Waals surface area contributed by atoms with Crippen molar-refractivity contribution in [3.05, 3.63) is 83.0 Å². The average Bonchev–Trinajstić information content (AvgIpc) is 3.22. The summed E-state index contributed by atoms with van der Waals surface area (Å²) in [6.07, 6.45) is 7.94. The van der Waals surface area contributed by atoms with Crippen molar-refractivity contribution >= 4 is 11.3 Å². The highest BCUT2D eigenvalue weighted by Gasteiger charge is 2.19. The lowest BCUT2D eigenvalue weighted by atomic mass is 10.1. The summed E-state index contributed by atoms with van der Waals surface area (Å²) in [6, 6.07) is 13.2. The number of aromatic nitrogens is 4. The first-order valence-electron chi connectivity index (χ1n) is 9.73. The van der Waals surface area contributed by atoms with E-state index in [0.717, 1.165) is 37.3 Å². The third kappa shape index (κ3) is 3.95. The molecule has 0 spiro atoms. The van der Waals surface area contributed by atoms with Crippen molar-refractivity contribution in [1.29, 1.82) is 0 Å². The zero-order valence-corrected chi connectivity index (χ0v) is 17.1. The topological polar surface area (TPSA) is 54.8 Å². The molecule has 1 aromatic carbocycles. The molecule has 0 radical (unpaired) electrons. The van der Waals surface area contributed by atoms with Crippen LogP contribution < -0.4 is 0 Å². The predicted molar refractivity (Wildman–Crippen MR) is 115 cm³/mol. The summed E-state index contributed by atoms with van der Waals surface area (Å²) in [4.78, 5) is 22.6. The summed E-state index contributed by atoms with van der Waals surface area (Å²) < 4.78 is 0. The van der Waals surface area contributed by atoms with Crippen LogP contribution in [0, 0.1) is 6.92 Å². The molecule has 1 aliphatic heterocycles. The van der Waals surface area contributed by atoms with Crippen LogP contribution in [0.25, 0.3) is 21.8 Å². The molecule has 0 aliphatic carbocycles. The Bertz CT molecular complexity index is 1140. The predicted octanol–water partition coefficient (Wildman–Crippen LogP) is 4.53. The van der Waals surface area contributed by atoms with Gasteiger partial charge in [-0.1, -0.05) is 29.8 Å². The lowest BCUT2D eigenvalue weighted by Gasteiger charge is -2.27. The van der Waals surface area contributed by atoms with Gasteiger partial charge in [-0.15, -0.1) is 11.3 Å². The second-order valence-corrected chi connectivity index (χ2v) is 8.56. The molecule has 1 aliphatic rings. The molecule has 4 heterocycles. The molecule has 0 amide bonds. The van der Waals surface area contributed by atoms with Crippen LogP contribution in [-0.4, -0.2) is 31.4 Å². The molecule has 0 N–H and O–H groups in total. The number of aryl methyl sites for hydroxylation is 1. The van der Waals surface area contributed by atoms with Gasteiger partial charge in [-0.2, -0.15) is 0 Å². The summed E-state index contributed by atoms with van der Waals surface area (Å²) in [5, 5.41) is 0. The van der Waals surface area contributed by atoms with E-state index < -0.39 is 0 Å². The molecular formula is C23H21N5S. The van der Waals surface area contributed by atoms with Crippen LogP contribution in [0.15, 0.2) is 61.3 Å². The van der Waals surface area contributed by atoms with Crippen molar-refractivity contribution in [3.8, 4) is 21.8 Å². The highest BCUT2D eigenvalue weighted by Crippen LogP contribution is 2.30. The van der Waals surface area contributed by atoms with Crippen LogP contribution in [-0.2, 0) is 19.5 Å². The molecule has 0 bridgehead atoms. The number of nitrogens with zero attached hydrogens (tertiary/aromatic N) is 5. The third-order valence-corrected chi connectivity index (χ3v) is 6.29. The maximum Gasteiger partial charge on any atom is 0.162 e. The number of rotatable bonds is 4. The standard InChI is InChI=1S/C23H21N5S/c1-16-3-2-4-17(9-16)22-6-5-20(29-22)14-28-8-7-21-19(13-28)12-26-23(27-21)18-10-24-15-25-11-18/h2-6,9-12,15H,7-8,13-14H2,1H3. The smallest absolute Gasteiger partial charge is 0.162 e. The molecule has 6 heteroatoms. The van der Waals surface area contributed by atoms with Gasteiger partial charge >= 0.3 is 0 Å². The summed E-state index contributed by atoms with van der Waals surface area (Å²) in [5.41, 5.74) is 5.82. The van der Waals surface area contributed by atoms with E-state index in [0.29, 0.717) is 5.82 Å². The molecule has 5 nitrogen and oxygen atoms in total. The minimum Gasteiger partial charge on any atom is -0.293 e. The fourth-order valence-electron chi connectivity index (χ4n) is 3.70. The molecule has 0 unspecified atom stereocenters. The van der Waals surface area contributed by atoms with Crippen LogP contribution in [0.4, 0.5) is 0 Å². The van der Waals surface area contributed by atoms with E-state index in [-0.39, 0.29) is 0 Å². The van der Waals surface area contributed by atoms with Crippen molar-refractivity contribution in [3.63, 3.8) is 0 Å². The highest BCUT2D eigenvalue weighted by molar-refractivity contribution is 7.15. The zero-order chi connectivity index (χ0) is 19.6. The van der Waals surface area contributed by atoms with Gasteiger partial charge in [0.2, 0.25) is 0 Å². The van der Waals surface area contributed by atoms with Gasteiger partial charge in [0.1, 0.15) is 6.33 Å². The van der Waals surface area contributed by atoms with Crippen molar-refractivity contribution in [2.24, 2.45) is 0 Å². The van der Waals surface area contributed by atoms with Crippen LogP contribution in [0.2, 0.25) is 0 Å². The van der Waals surface area contributed by atoms with E-state index in [4.69, 9.17) is 4.98 Å². The van der Waals surface area contributed by atoms with Gasteiger partial charge in [0.15, 0.2) is 5.82 Å². The first-order valence-corrected chi connectivity index (χ1v) is 10.5. The van der Waals surface area contributed by atoms with Crippen LogP contribution in [0.1, 0.15) is 21.7 Å². The Balaban J connectivity index is 1.29. The Morgan fingerprint density at radius 3 is 2.79 bits per heavy atom. The fraction of sp³-hybridized carbons (Fsp3) is 0.217. The molecular weight excluding hydrogens is 378 g/mol. The van der Waals surface area contributed by atoms with Gasteiger partial charge < -0.3 is 0 Å². The Morgan fingerprint density at radius 1 is 1.03 bits per heavy atom. The average molecular weight is 400 g/mol. The fourth-order valence-corrected chi connectivity index (χ4v) is 4.75. The highest BCUT2D eigenvalue weighted by atomic mass is 32.1. The van der Waals surface area contributed by atoms with Gasteiger partial charge in [0, 0.05) is 60.0 Å². The van der Waals surface area contributed by atoms with Gasteiger partial charge in [-0.05, 0) is 24.6 Å². The normalized spacial score (nSPS) is 14.0. The minimum atomic E-state index is 0.707. The van der Waals surface area contributed by atoms with Gasteiger partial charge in [0.05, 0.1) is 11.3 Å². The quantitative estimate of drug-likeness (QED) is 0.505. The molecule has 0 atom stereocenters. The monoisotopic (exact) mass is 399 g/mol. The van der Waals surface area contributed by atoms with E-state index in [1.54, 1.807) is 12.4 Å². The van der Waals surface area contributed by atoms with E-state index in [1.165, 1.54) is 32.8 Å². The summed E-state index contributed by atoms with van der Waals surface area (Å²) in [7, 11) is 0. The van der Waals surface area contributed by atoms with Crippen molar-refractivity contribution in [1.82, 2.24) is 24.8 Å². The molecule has 3 aromatic heterocycles. The first kappa shape index (κ1) is 18.1. The molecule has 0 fully saturated rings. The van der Waals surface area contributed by atoms with E-state index in [1.807, 2.05) is 17.5 Å². The Labute approximate surface area is 174 Å². The lowest BCUT2D eigenvalue weighted by molar-refractivity contribution is 0.245. The molecule has 5 rings (SSSR count). The Hall–Kier alpha value is -2.96. The van der Waals surface area contributed by atoms with Gasteiger partial charge in [0.25, 0.3) is 0 Å². The maximum atomic E-state index is 4.76. The second-order valence-electron chi connectivity index (χ2n) is 7.39. The minimum absolute atomic E-state index is 0.707. The van der Waals surface area contributed by atoms with Crippen LogP contribution in [0.3, 0.4) is 0 Å². The number of hydrogen-bond donors (Lipinski definition) is 0. The van der Waals surface area contributed by atoms with Crippen molar-refractivity contribution < 1.29 is 0 Å². The summed E-state index contributed by atoms with van der Waals surface area (Å²) in [5.74, 6) is 0.707. The van der Waals surface area contributed by atoms with E-state index in [9.17, 15) is 0 Å². The zero-order valence-electron chi connectivity index (χ0n) is 16.2. The Kier molecular flexibility index (Phi) is 4.87.